The van der Waals surface area contributed by atoms with E-state index in [4.69, 9.17) is 13.9 Å². The van der Waals surface area contributed by atoms with Gasteiger partial charge in [-0.2, -0.15) is 0 Å². The van der Waals surface area contributed by atoms with Crippen LogP contribution in [0.5, 0.6) is 0 Å². The first kappa shape index (κ1) is 20.3. The van der Waals surface area contributed by atoms with Crippen LogP contribution >= 0.6 is 0 Å². The minimum Gasteiger partial charge on any atom is -0.408 e. The van der Waals surface area contributed by atoms with E-state index in [9.17, 15) is 15.0 Å². The normalized spacial score (nSPS) is 39.8. The summed E-state index contributed by atoms with van der Waals surface area (Å²) in [6.07, 6.45) is 0.105. The number of aliphatic hydroxyl groups is 2. The van der Waals surface area contributed by atoms with Crippen molar-refractivity contribution in [2.45, 2.75) is 94.7 Å². The summed E-state index contributed by atoms with van der Waals surface area (Å²) in [5.74, 6) is -0.322. The smallest absolute Gasteiger partial charge is 0.251 e. The Hall–Kier alpha value is -0.973. The molecule has 0 spiro atoms. The number of amides is 1. The van der Waals surface area contributed by atoms with Crippen LogP contribution in [-0.2, 0) is 18.7 Å². The van der Waals surface area contributed by atoms with Gasteiger partial charge in [0.2, 0.25) is 6.35 Å². The number of aliphatic hydroxyl groups excluding tert-OH is 1. The lowest BCUT2D eigenvalue weighted by Crippen LogP contribution is -2.59. The molecular formula is C19H32N2O6Si. The van der Waals surface area contributed by atoms with Gasteiger partial charge in [-0.3, -0.25) is 4.79 Å². The zero-order chi connectivity index (χ0) is 20.7. The molecule has 3 fully saturated rings. The van der Waals surface area contributed by atoms with Gasteiger partial charge in [0, 0.05) is 11.8 Å². The molecule has 3 N–H and O–H groups in total. The number of carbonyl (C=O) groups excluding carboxylic acids is 1. The van der Waals surface area contributed by atoms with Crippen LogP contribution < -0.4 is 5.32 Å². The van der Waals surface area contributed by atoms with Crippen LogP contribution in [0.3, 0.4) is 0 Å². The molecule has 3 aliphatic heterocycles. The number of fused-ring (bicyclic) bond motifs is 2. The lowest BCUT2D eigenvalue weighted by atomic mass is 9.90. The molecule has 1 amide bonds. The highest BCUT2D eigenvalue weighted by Gasteiger charge is 2.75. The number of carbonyl (C=O) groups is 1. The number of hydrogen-bond donors (Lipinski definition) is 3. The van der Waals surface area contributed by atoms with Crippen molar-refractivity contribution in [2.75, 3.05) is 6.61 Å². The monoisotopic (exact) mass is 412 g/mol. The minimum absolute atomic E-state index is 0.00695. The topological polar surface area (TPSA) is 100 Å². The van der Waals surface area contributed by atoms with Gasteiger partial charge in [-0.1, -0.05) is 20.8 Å². The number of nitrogens with one attached hydrogen (secondary N) is 1. The number of hydrogen-bond acceptors (Lipinski definition) is 7. The van der Waals surface area contributed by atoms with Crippen molar-refractivity contribution in [3.05, 3.63) is 11.8 Å². The fraction of sp³-hybridized carbons (Fsp3) is 0.842. The third kappa shape index (κ3) is 2.78. The minimum atomic E-state index is -2.17. The molecule has 4 aliphatic rings. The molecule has 2 saturated heterocycles. The van der Waals surface area contributed by atoms with E-state index in [-0.39, 0.29) is 17.6 Å². The Morgan fingerprint density at radius 3 is 2.57 bits per heavy atom. The Bertz CT molecular complexity index is 716. The van der Waals surface area contributed by atoms with Crippen molar-refractivity contribution in [2.24, 2.45) is 0 Å². The molecule has 9 heteroatoms. The molecule has 1 saturated carbocycles. The molecule has 5 atom stereocenters. The van der Waals surface area contributed by atoms with E-state index >= 15 is 0 Å². The first-order valence-corrected chi connectivity index (χ1v) is 12.9. The maximum atomic E-state index is 11.8. The molecule has 0 aromatic carbocycles. The van der Waals surface area contributed by atoms with Crippen LogP contribution in [0, 0.1) is 0 Å². The van der Waals surface area contributed by atoms with Crippen LogP contribution in [0.2, 0.25) is 18.1 Å². The van der Waals surface area contributed by atoms with E-state index in [1.165, 1.54) is 0 Å². The zero-order valence-corrected chi connectivity index (χ0v) is 18.5. The lowest BCUT2D eigenvalue weighted by molar-refractivity contribution is -0.244. The molecule has 8 nitrogen and oxygen atoms in total. The molecule has 3 heterocycles. The second kappa shape index (κ2) is 6.02. The predicted molar refractivity (Wildman–Crippen MR) is 103 cm³/mol. The Kier molecular flexibility index (Phi) is 4.37. The van der Waals surface area contributed by atoms with Gasteiger partial charge in [0.25, 0.3) is 5.91 Å². The molecule has 0 radical (unpaired) electrons. The Balaban J connectivity index is 1.68. The van der Waals surface area contributed by atoms with Crippen LogP contribution in [0.25, 0.3) is 0 Å². The van der Waals surface area contributed by atoms with Crippen molar-refractivity contribution in [1.82, 2.24) is 10.2 Å². The van der Waals surface area contributed by atoms with Crippen molar-refractivity contribution in [3.63, 3.8) is 0 Å². The highest BCUT2D eigenvalue weighted by Crippen LogP contribution is 2.59. The maximum absolute atomic E-state index is 11.8. The summed E-state index contributed by atoms with van der Waals surface area (Å²) in [6, 6.07) is 0. The summed E-state index contributed by atoms with van der Waals surface area (Å²) >= 11 is 0. The largest absolute Gasteiger partial charge is 0.408 e. The van der Waals surface area contributed by atoms with Gasteiger partial charge in [0.1, 0.15) is 12.2 Å². The van der Waals surface area contributed by atoms with Crippen molar-refractivity contribution >= 4 is 14.2 Å². The van der Waals surface area contributed by atoms with Crippen molar-refractivity contribution in [1.29, 1.82) is 0 Å². The summed E-state index contributed by atoms with van der Waals surface area (Å²) in [5.41, 5.74) is -1.47. The van der Waals surface area contributed by atoms with E-state index in [1.807, 2.05) is 0 Å². The lowest BCUT2D eigenvalue weighted by Gasteiger charge is -2.43. The Morgan fingerprint density at radius 2 is 2.00 bits per heavy atom. The van der Waals surface area contributed by atoms with E-state index in [2.05, 4.69) is 39.2 Å². The summed E-state index contributed by atoms with van der Waals surface area (Å²) in [7, 11) is -2.17. The van der Waals surface area contributed by atoms with Gasteiger partial charge in [-0.05, 0) is 37.9 Å². The molecule has 158 valence electrons. The molecular weight excluding hydrogens is 380 g/mol. The first-order chi connectivity index (χ1) is 12.8. The fourth-order valence-corrected chi connectivity index (χ4v) is 5.39. The molecule has 2 bridgehead atoms. The summed E-state index contributed by atoms with van der Waals surface area (Å²) in [5, 5.41) is 24.0. The third-order valence-corrected chi connectivity index (χ3v) is 11.6. The average molecular weight is 413 g/mol. The number of ether oxygens (including phenoxy) is 2. The maximum Gasteiger partial charge on any atom is 0.251 e. The van der Waals surface area contributed by atoms with Crippen LogP contribution in [0.1, 0.15) is 40.5 Å². The van der Waals surface area contributed by atoms with Gasteiger partial charge in [0.05, 0.1) is 12.2 Å². The summed E-state index contributed by atoms with van der Waals surface area (Å²) in [4.78, 5) is 13.4. The van der Waals surface area contributed by atoms with Gasteiger partial charge in [-0.15, -0.1) is 0 Å². The molecule has 0 aromatic rings. The van der Waals surface area contributed by atoms with Crippen LogP contribution in [-0.4, -0.2) is 71.9 Å². The quantitative estimate of drug-likeness (QED) is 0.593. The van der Waals surface area contributed by atoms with E-state index in [0.29, 0.717) is 18.4 Å². The zero-order valence-electron chi connectivity index (χ0n) is 17.5. The standard InChI is InChI=1S/C19H32N2O6Si/c1-11-9-21(16(23)20-14(11)22)15-12-13(27-28(5,6)17(2,3)4)19(26-15,10-25-12)18(24)7-8-18/h9,12-13,15-16,23-24H,7-8,10H2,1-6H3,(H,20,22)/t12?,13?,15-,16?,19+/m1/s1. The third-order valence-electron chi connectivity index (χ3n) is 7.14. The fourth-order valence-electron chi connectivity index (χ4n) is 4.08. The highest BCUT2D eigenvalue weighted by molar-refractivity contribution is 6.74. The van der Waals surface area contributed by atoms with Gasteiger partial charge in [0.15, 0.2) is 20.1 Å². The van der Waals surface area contributed by atoms with Crippen LogP contribution in [0.15, 0.2) is 11.8 Å². The highest BCUT2D eigenvalue weighted by atomic mass is 28.4. The Labute approximate surface area is 166 Å². The van der Waals surface area contributed by atoms with E-state index in [0.717, 1.165) is 0 Å². The van der Waals surface area contributed by atoms with E-state index in [1.54, 1.807) is 18.0 Å². The Morgan fingerprint density at radius 1 is 1.36 bits per heavy atom. The average Bonchev–Trinajstić information content (AvgIpc) is 3.15. The van der Waals surface area contributed by atoms with E-state index < -0.39 is 44.3 Å². The number of nitrogens with zero attached hydrogens (tertiary/aromatic N) is 1. The predicted octanol–water partition coefficient (Wildman–Crippen LogP) is 1.01. The first-order valence-electron chi connectivity index (χ1n) is 9.96. The van der Waals surface area contributed by atoms with Crippen molar-refractivity contribution < 1.29 is 28.9 Å². The van der Waals surface area contributed by atoms with Gasteiger partial charge >= 0.3 is 0 Å². The summed E-state index contributed by atoms with van der Waals surface area (Å²) in [6.45, 7) is 12.8. The SMILES string of the molecule is CC1=CN([C@@H]2O[C@@]3(C4(O)CC4)COC2C3O[Si](C)(C)C(C)(C)C)C(O)NC1=O. The molecule has 4 rings (SSSR count). The number of rotatable bonds is 4. The van der Waals surface area contributed by atoms with Gasteiger partial charge < -0.3 is 34.3 Å². The van der Waals surface area contributed by atoms with Crippen LogP contribution in [0.4, 0.5) is 0 Å². The van der Waals surface area contributed by atoms with Crippen molar-refractivity contribution in [3.8, 4) is 0 Å². The summed E-state index contributed by atoms with van der Waals surface area (Å²) < 4.78 is 19.3. The molecule has 3 unspecified atom stereocenters. The molecule has 0 aromatic heterocycles. The second-order valence-corrected chi connectivity index (χ2v) is 14.9. The second-order valence-electron chi connectivity index (χ2n) is 10.1. The molecule has 28 heavy (non-hydrogen) atoms. The van der Waals surface area contributed by atoms with Gasteiger partial charge in [-0.25, -0.2) is 0 Å². The molecule has 1 aliphatic carbocycles.